The summed E-state index contributed by atoms with van der Waals surface area (Å²) in [6.45, 7) is 3.70. The minimum absolute atomic E-state index is 0.0369. The molecule has 1 atom stereocenters. The van der Waals surface area contributed by atoms with Gasteiger partial charge in [-0.2, -0.15) is 0 Å². The van der Waals surface area contributed by atoms with Crippen molar-refractivity contribution in [1.82, 2.24) is 5.43 Å². The van der Waals surface area contributed by atoms with Crippen molar-refractivity contribution in [3.8, 4) is 0 Å². The largest absolute Gasteiger partial charge is 0.392 e. The van der Waals surface area contributed by atoms with Crippen molar-refractivity contribution in [3.05, 3.63) is 28.2 Å². The van der Waals surface area contributed by atoms with Crippen LogP contribution in [0.25, 0.3) is 0 Å². The maximum atomic E-state index is 11.5. The van der Waals surface area contributed by atoms with Crippen LogP contribution in [-0.2, 0) is 4.79 Å². The van der Waals surface area contributed by atoms with Crippen LogP contribution in [-0.4, -0.2) is 17.1 Å². The van der Waals surface area contributed by atoms with E-state index in [-0.39, 0.29) is 18.2 Å². The number of halogens is 2. The zero-order chi connectivity index (χ0) is 13.7. The molecule has 6 heteroatoms. The molecule has 0 radical (unpaired) electrons. The number of aliphatic hydroxyl groups is 1. The van der Waals surface area contributed by atoms with Crippen LogP contribution in [0.3, 0.4) is 0 Å². The molecule has 0 saturated heterocycles. The van der Waals surface area contributed by atoms with Crippen LogP contribution in [0.2, 0.25) is 10.0 Å². The molecule has 0 saturated carbocycles. The van der Waals surface area contributed by atoms with Crippen molar-refractivity contribution in [2.75, 3.05) is 5.43 Å². The van der Waals surface area contributed by atoms with E-state index in [1.807, 2.05) is 13.8 Å². The van der Waals surface area contributed by atoms with Crippen LogP contribution in [0.5, 0.6) is 0 Å². The number of hydrogen-bond donors (Lipinski definition) is 3. The molecule has 1 aromatic carbocycles. The van der Waals surface area contributed by atoms with Gasteiger partial charge in [-0.25, -0.2) is 0 Å². The molecule has 100 valence electrons. The van der Waals surface area contributed by atoms with Crippen LogP contribution >= 0.6 is 23.2 Å². The Hall–Kier alpha value is -0.970. The van der Waals surface area contributed by atoms with Gasteiger partial charge >= 0.3 is 0 Å². The molecule has 0 heterocycles. The minimum Gasteiger partial charge on any atom is -0.392 e. The molecule has 3 N–H and O–H groups in total. The zero-order valence-electron chi connectivity index (χ0n) is 10.2. The topological polar surface area (TPSA) is 61.4 Å². The SMILES string of the molecule is CC(C)C(O)CC(=O)NNc1ccc(Cl)cc1Cl. The Balaban J connectivity index is 2.47. The van der Waals surface area contributed by atoms with Crippen molar-refractivity contribution in [3.63, 3.8) is 0 Å². The molecule has 18 heavy (non-hydrogen) atoms. The zero-order valence-corrected chi connectivity index (χ0v) is 11.7. The van der Waals surface area contributed by atoms with Crippen LogP contribution in [0.15, 0.2) is 18.2 Å². The van der Waals surface area contributed by atoms with Gasteiger partial charge in [-0.1, -0.05) is 37.0 Å². The molecule has 0 aliphatic rings. The van der Waals surface area contributed by atoms with Crippen LogP contribution in [0.1, 0.15) is 20.3 Å². The number of benzene rings is 1. The molecule has 1 unspecified atom stereocenters. The summed E-state index contributed by atoms with van der Waals surface area (Å²) in [6, 6.07) is 4.88. The van der Waals surface area contributed by atoms with Crippen molar-refractivity contribution in [1.29, 1.82) is 0 Å². The van der Waals surface area contributed by atoms with Gasteiger partial charge in [0.15, 0.2) is 0 Å². The fourth-order valence-corrected chi connectivity index (χ4v) is 1.66. The summed E-state index contributed by atoms with van der Waals surface area (Å²) < 4.78 is 0. The van der Waals surface area contributed by atoms with Gasteiger partial charge in [-0.05, 0) is 24.1 Å². The summed E-state index contributed by atoms with van der Waals surface area (Å²) in [7, 11) is 0. The third-order valence-electron chi connectivity index (χ3n) is 2.43. The number of nitrogens with one attached hydrogen (secondary N) is 2. The first-order valence-electron chi connectivity index (χ1n) is 5.58. The molecule has 4 nitrogen and oxygen atoms in total. The maximum absolute atomic E-state index is 11.5. The lowest BCUT2D eigenvalue weighted by atomic mass is 10.0. The number of hydrazine groups is 1. The number of carbonyl (C=O) groups excluding carboxylic acids is 1. The highest BCUT2D eigenvalue weighted by Crippen LogP contribution is 2.24. The van der Waals surface area contributed by atoms with E-state index in [4.69, 9.17) is 23.2 Å². The monoisotopic (exact) mass is 290 g/mol. The average molecular weight is 291 g/mol. The molecule has 0 spiro atoms. The molecule has 0 aliphatic carbocycles. The highest BCUT2D eigenvalue weighted by Gasteiger charge is 2.14. The van der Waals surface area contributed by atoms with E-state index in [9.17, 15) is 9.90 Å². The third kappa shape index (κ3) is 4.72. The van der Waals surface area contributed by atoms with Gasteiger partial charge in [0.1, 0.15) is 0 Å². The Bertz CT molecular complexity index is 425. The second-order valence-electron chi connectivity index (χ2n) is 4.31. The van der Waals surface area contributed by atoms with E-state index in [1.54, 1.807) is 18.2 Å². The normalized spacial score (nSPS) is 12.3. The molecule has 1 aromatic rings. The second kappa shape index (κ2) is 6.83. The lowest BCUT2D eigenvalue weighted by molar-refractivity contribution is -0.123. The summed E-state index contributed by atoms with van der Waals surface area (Å²) in [4.78, 5) is 11.5. The first-order valence-corrected chi connectivity index (χ1v) is 6.33. The summed E-state index contributed by atoms with van der Waals surface area (Å²) in [6.07, 6.45) is -0.622. The molecular weight excluding hydrogens is 275 g/mol. The standard InChI is InChI=1S/C12H16Cl2N2O2/c1-7(2)11(17)6-12(18)16-15-10-4-3-8(13)5-9(10)14/h3-5,7,11,15,17H,6H2,1-2H3,(H,16,18). The number of anilines is 1. The van der Waals surface area contributed by atoms with E-state index in [0.29, 0.717) is 15.7 Å². The third-order valence-corrected chi connectivity index (χ3v) is 2.98. The molecule has 0 bridgehead atoms. The number of hydrogen-bond acceptors (Lipinski definition) is 3. The van der Waals surface area contributed by atoms with Gasteiger partial charge in [0.05, 0.1) is 23.2 Å². The predicted octanol–water partition coefficient (Wildman–Crippen LogP) is 2.84. The van der Waals surface area contributed by atoms with Gasteiger partial charge in [0.25, 0.3) is 0 Å². The Morgan fingerprint density at radius 2 is 2.06 bits per heavy atom. The number of amides is 1. The lowest BCUT2D eigenvalue weighted by Gasteiger charge is -2.15. The molecular formula is C12H16Cl2N2O2. The van der Waals surface area contributed by atoms with Gasteiger partial charge in [-0.3, -0.25) is 15.6 Å². The van der Waals surface area contributed by atoms with Crippen LogP contribution < -0.4 is 10.9 Å². The van der Waals surface area contributed by atoms with E-state index in [0.717, 1.165) is 0 Å². The first kappa shape index (κ1) is 15.1. The molecule has 0 aromatic heterocycles. The van der Waals surface area contributed by atoms with Crippen molar-refractivity contribution >= 4 is 34.8 Å². The average Bonchev–Trinajstić information content (AvgIpc) is 2.27. The molecule has 1 rings (SSSR count). The fourth-order valence-electron chi connectivity index (χ4n) is 1.20. The van der Waals surface area contributed by atoms with Gasteiger partial charge in [-0.15, -0.1) is 0 Å². The van der Waals surface area contributed by atoms with Gasteiger partial charge in [0, 0.05) is 5.02 Å². The van der Waals surface area contributed by atoms with Crippen molar-refractivity contribution < 1.29 is 9.90 Å². The first-order chi connectivity index (χ1) is 8.40. The van der Waals surface area contributed by atoms with Crippen molar-refractivity contribution in [2.45, 2.75) is 26.4 Å². The van der Waals surface area contributed by atoms with E-state index in [2.05, 4.69) is 10.9 Å². The maximum Gasteiger partial charge on any atom is 0.240 e. The van der Waals surface area contributed by atoms with Crippen LogP contribution in [0, 0.1) is 5.92 Å². The van der Waals surface area contributed by atoms with Crippen molar-refractivity contribution in [2.24, 2.45) is 5.92 Å². The van der Waals surface area contributed by atoms with Gasteiger partial charge < -0.3 is 5.11 Å². The summed E-state index contributed by atoms with van der Waals surface area (Å²) >= 11 is 11.7. The van der Waals surface area contributed by atoms with Crippen LogP contribution in [0.4, 0.5) is 5.69 Å². The molecule has 0 fully saturated rings. The van der Waals surface area contributed by atoms with E-state index < -0.39 is 6.10 Å². The number of rotatable bonds is 5. The predicted molar refractivity (Wildman–Crippen MR) is 73.7 cm³/mol. The Kier molecular flexibility index (Phi) is 5.72. The summed E-state index contributed by atoms with van der Waals surface area (Å²) in [5.41, 5.74) is 5.70. The minimum atomic E-state index is -0.660. The highest BCUT2D eigenvalue weighted by molar-refractivity contribution is 6.36. The quantitative estimate of drug-likeness (QED) is 0.731. The fraction of sp³-hybridized carbons (Fsp3) is 0.417. The molecule has 1 amide bonds. The highest BCUT2D eigenvalue weighted by atomic mass is 35.5. The lowest BCUT2D eigenvalue weighted by Crippen LogP contribution is -2.33. The second-order valence-corrected chi connectivity index (χ2v) is 5.16. The van der Waals surface area contributed by atoms with Gasteiger partial charge in [0.2, 0.25) is 5.91 Å². The Labute approximate surface area is 116 Å². The number of aliphatic hydroxyl groups excluding tert-OH is 1. The summed E-state index contributed by atoms with van der Waals surface area (Å²) in [5.74, 6) is -0.267. The van der Waals surface area contributed by atoms with E-state index in [1.165, 1.54) is 0 Å². The number of carbonyl (C=O) groups is 1. The van der Waals surface area contributed by atoms with E-state index >= 15 is 0 Å². The Morgan fingerprint density at radius 1 is 1.39 bits per heavy atom. The Morgan fingerprint density at radius 3 is 2.61 bits per heavy atom. The summed E-state index contributed by atoms with van der Waals surface area (Å²) in [5, 5.41) is 10.5. The smallest absolute Gasteiger partial charge is 0.240 e. The molecule has 0 aliphatic heterocycles.